The molecule has 1 heterocycles. The number of primary amides is 1. The first kappa shape index (κ1) is 27.9. The first-order valence-corrected chi connectivity index (χ1v) is 15.0. The number of hydrogen-bond donors (Lipinski definition) is 1. The maximum absolute atomic E-state index is 11.3. The van der Waals surface area contributed by atoms with Gasteiger partial charge in [0, 0.05) is 12.1 Å². The van der Waals surface area contributed by atoms with Crippen LogP contribution in [0.5, 0.6) is 5.75 Å². The molecule has 1 aliphatic heterocycles. The Morgan fingerprint density at radius 3 is 2.30 bits per heavy atom. The van der Waals surface area contributed by atoms with Gasteiger partial charge in [-0.3, -0.25) is 9.79 Å². The SMILES string of the molecule is NC(=O)Cc1cccc(OCCCC2(CC3CCCCC3)N=CC=C2CC(c2ccccc2)c2ccccc2)c1. The van der Waals surface area contributed by atoms with E-state index in [2.05, 4.69) is 73.0 Å². The molecule has 0 spiro atoms. The maximum atomic E-state index is 11.3. The summed E-state index contributed by atoms with van der Waals surface area (Å²) in [7, 11) is 0. The van der Waals surface area contributed by atoms with Gasteiger partial charge in [-0.25, -0.2) is 0 Å². The van der Waals surface area contributed by atoms with Gasteiger partial charge in [0.25, 0.3) is 0 Å². The van der Waals surface area contributed by atoms with Gasteiger partial charge in [0.15, 0.2) is 0 Å². The molecule has 1 unspecified atom stereocenters. The molecule has 1 aliphatic carbocycles. The van der Waals surface area contributed by atoms with E-state index >= 15 is 0 Å². The van der Waals surface area contributed by atoms with Crippen LogP contribution in [0.3, 0.4) is 0 Å². The van der Waals surface area contributed by atoms with Crippen molar-refractivity contribution in [2.45, 2.75) is 75.7 Å². The third-order valence-corrected chi connectivity index (χ3v) is 8.65. The lowest BCUT2D eigenvalue weighted by Crippen LogP contribution is -2.32. The summed E-state index contributed by atoms with van der Waals surface area (Å²) in [5, 5.41) is 0. The zero-order valence-electron chi connectivity index (χ0n) is 23.5. The number of hydrogen-bond acceptors (Lipinski definition) is 3. The van der Waals surface area contributed by atoms with Crippen LogP contribution >= 0.6 is 0 Å². The molecule has 208 valence electrons. The van der Waals surface area contributed by atoms with Gasteiger partial charge in [0.1, 0.15) is 5.75 Å². The van der Waals surface area contributed by atoms with E-state index in [1.165, 1.54) is 48.8 Å². The Labute approximate surface area is 239 Å². The summed E-state index contributed by atoms with van der Waals surface area (Å²) in [4.78, 5) is 16.6. The minimum atomic E-state index is -0.329. The van der Waals surface area contributed by atoms with E-state index in [0.717, 1.165) is 42.9 Å². The van der Waals surface area contributed by atoms with Gasteiger partial charge in [-0.15, -0.1) is 0 Å². The number of carbonyl (C=O) groups is 1. The number of aliphatic imine (C=N–C) groups is 1. The van der Waals surface area contributed by atoms with Crippen LogP contribution in [-0.2, 0) is 11.2 Å². The second-order valence-corrected chi connectivity index (χ2v) is 11.5. The summed E-state index contributed by atoms with van der Waals surface area (Å²) >= 11 is 0. The highest BCUT2D eigenvalue weighted by atomic mass is 16.5. The van der Waals surface area contributed by atoms with Crippen LogP contribution < -0.4 is 10.5 Å². The molecule has 2 N–H and O–H groups in total. The van der Waals surface area contributed by atoms with Gasteiger partial charge in [-0.2, -0.15) is 0 Å². The topological polar surface area (TPSA) is 64.7 Å². The van der Waals surface area contributed by atoms with E-state index in [-0.39, 0.29) is 17.9 Å². The number of allylic oxidation sites excluding steroid dienone is 1. The first-order valence-electron chi connectivity index (χ1n) is 15.0. The van der Waals surface area contributed by atoms with E-state index < -0.39 is 0 Å². The quantitative estimate of drug-likeness (QED) is 0.227. The largest absolute Gasteiger partial charge is 0.494 e. The molecule has 1 fully saturated rings. The maximum Gasteiger partial charge on any atom is 0.221 e. The van der Waals surface area contributed by atoms with Crippen LogP contribution in [0.4, 0.5) is 0 Å². The van der Waals surface area contributed by atoms with Crippen LogP contribution in [0.15, 0.2) is 102 Å². The normalized spacial score (nSPS) is 19.1. The number of nitrogens with zero attached hydrogens (tertiary/aromatic N) is 1. The molecule has 4 heteroatoms. The fourth-order valence-corrected chi connectivity index (χ4v) is 6.67. The second kappa shape index (κ2) is 13.6. The fraction of sp³-hybridized carbons (Fsp3) is 0.389. The highest BCUT2D eigenvalue weighted by Gasteiger charge is 2.39. The van der Waals surface area contributed by atoms with Gasteiger partial charge in [0.2, 0.25) is 5.91 Å². The van der Waals surface area contributed by atoms with Crippen molar-refractivity contribution in [1.29, 1.82) is 0 Å². The number of rotatable bonds is 13. The van der Waals surface area contributed by atoms with E-state index in [9.17, 15) is 4.79 Å². The molecule has 0 radical (unpaired) electrons. The Morgan fingerprint density at radius 1 is 0.925 bits per heavy atom. The van der Waals surface area contributed by atoms with Gasteiger partial charge >= 0.3 is 0 Å². The average Bonchev–Trinajstić information content (AvgIpc) is 3.37. The smallest absolute Gasteiger partial charge is 0.221 e. The Balaban J connectivity index is 1.32. The monoisotopic (exact) mass is 534 g/mol. The van der Waals surface area contributed by atoms with Gasteiger partial charge in [0.05, 0.1) is 18.6 Å². The molecule has 0 saturated heterocycles. The fourth-order valence-electron chi connectivity index (χ4n) is 6.67. The van der Waals surface area contributed by atoms with Crippen molar-refractivity contribution in [2.24, 2.45) is 16.6 Å². The predicted octanol–water partition coefficient (Wildman–Crippen LogP) is 7.82. The number of carbonyl (C=O) groups excluding carboxylic acids is 1. The molecule has 1 atom stereocenters. The van der Waals surface area contributed by atoms with Crippen molar-refractivity contribution in [3.8, 4) is 5.75 Å². The van der Waals surface area contributed by atoms with Crippen molar-refractivity contribution >= 4 is 12.1 Å². The summed E-state index contributed by atoms with van der Waals surface area (Å²) in [6, 6.07) is 29.5. The van der Waals surface area contributed by atoms with Crippen molar-refractivity contribution in [3.63, 3.8) is 0 Å². The second-order valence-electron chi connectivity index (χ2n) is 11.5. The highest BCUT2D eigenvalue weighted by molar-refractivity contribution is 5.77. The molecule has 0 bridgehead atoms. The van der Waals surface area contributed by atoms with Crippen molar-refractivity contribution in [1.82, 2.24) is 0 Å². The van der Waals surface area contributed by atoms with Crippen LogP contribution in [0, 0.1) is 5.92 Å². The molecule has 1 saturated carbocycles. The van der Waals surface area contributed by atoms with Crippen molar-refractivity contribution in [3.05, 3.63) is 113 Å². The Bertz CT molecular complexity index is 1260. The molecule has 1 amide bonds. The zero-order chi connectivity index (χ0) is 27.6. The summed E-state index contributed by atoms with van der Waals surface area (Å²) < 4.78 is 6.15. The van der Waals surface area contributed by atoms with Crippen LogP contribution in [0.2, 0.25) is 0 Å². The third-order valence-electron chi connectivity index (χ3n) is 8.65. The zero-order valence-corrected chi connectivity index (χ0v) is 23.5. The highest BCUT2D eigenvalue weighted by Crippen LogP contribution is 2.45. The van der Waals surface area contributed by atoms with E-state index in [1.807, 2.05) is 24.3 Å². The Kier molecular flexibility index (Phi) is 9.49. The summed E-state index contributed by atoms with van der Waals surface area (Å²) in [5.41, 5.74) is 10.3. The molecule has 5 rings (SSSR count). The van der Waals surface area contributed by atoms with Gasteiger partial charge in [-0.05, 0) is 72.1 Å². The average molecular weight is 535 g/mol. The molecule has 3 aromatic carbocycles. The van der Waals surface area contributed by atoms with Crippen LogP contribution in [-0.4, -0.2) is 24.3 Å². The Hall–Kier alpha value is -3.66. The lowest BCUT2D eigenvalue weighted by atomic mass is 9.71. The lowest BCUT2D eigenvalue weighted by Gasteiger charge is -2.36. The van der Waals surface area contributed by atoms with Gasteiger partial charge in [-0.1, -0.05) is 105 Å². The molecule has 4 nitrogen and oxygen atoms in total. The lowest BCUT2D eigenvalue weighted by molar-refractivity contribution is -0.117. The molecule has 2 aliphatic rings. The summed E-state index contributed by atoms with van der Waals surface area (Å²) in [5.74, 6) is 1.49. The standard InChI is InChI=1S/C36H42N2O2/c37-35(39)25-29-14-10-19-33(24-29)40-23-11-21-36(27-28-12-4-1-5-13-28)32(20-22-38-36)26-34(30-15-6-2-7-16-30)31-17-8-3-9-18-31/h2-3,6-10,14-20,22,24,28,34H,1,4-5,11-13,21,23,25-27H2,(H2,37,39). The molecule has 3 aromatic rings. The molecular formula is C36H42N2O2. The number of nitrogens with two attached hydrogens (primary N) is 1. The number of amides is 1. The molecule has 0 aromatic heterocycles. The minimum absolute atomic E-state index is 0.166. The molecular weight excluding hydrogens is 492 g/mol. The predicted molar refractivity (Wildman–Crippen MR) is 164 cm³/mol. The number of benzene rings is 3. The van der Waals surface area contributed by atoms with E-state index in [0.29, 0.717) is 12.5 Å². The van der Waals surface area contributed by atoms with E-state index in [4.69, 9.17) is 15.5 Å². The van der Waals surface area contributed by atoms with Crippen LogP contribution in [0.1, 0.15) is 80.4 Å². The Morgan fingerprint density at radius 2 is 1.62 bits per heavy atom. The molecule has 40 heavy (non-hydrogen) atoms. The van der Waals surface area contributed by atoms with Gasteiger partial charge < -0.3 is 10.5 Å². The number of ether oxygens (including phenoxy) is 1. The van der Waals surface area contributed by atoms with Crippen molar-refractivity contribution < 1.29 is 9.53 Å². The van der Waals surface area contributed by atoms with E-state index in [1.54, 1.807) is 0 Å². The van der Waals surface area contributed by atoms with Crippen molar-refractivity contribution in [2.75, 3.05) is 6.61 Å². The summed E-state index contributed by atoms with van der Waals surface area (Å²) in [6.45, 7) is 0.621. The third kappa shape index (κ3) is 7.29. The first-order chi connectivity index (χ1) is 19.6. The summed E-state index contributed by atoms with van der Waals surface area (Å²) in [6.07, 6.45) is 15.3. The van der Waals surface area contributed by atoms with Crippen LogP contribution in [0.25, 0.3) is 0 Å². The minimum Gasteiger partial charge on any atom is -0.494 e.